The van der Waals surface area contributed by atoms with Gasteiger partial charge in [0.1, 0.15) is 6.61 Å². The third-order valence-electron chi connectivity index (χ3n) is 4.10. The molecule has 0 atom stereocenters. The van der Waals surface area contributed by atoms with E-state index in [0.717, 1.165) is 11.1 Å². The number of anilines is 1. The molecule has 6 nitrogen and oxygen atoms in total. The van der Waals surface area contributed by atoms with E-state index in [0.29, 0.717) is 35.4 Å². The van der Waals surface area contributed by atoms with E-state index in [1.807, 2.05) is 55.5 Å². The van der Waals surface area contributed by atoms with Crippen LogP contribution in [0, 0.1) is 0 Å². The molecular formula is C24H23ClN2O4. The molecule has 0 radical (unpaired) electrons. The van der Waals surface area contributed by atoms with Crippen LogP contribution in [0.5, 0.6) is 11.5 Å². The first-order valence-corrected chi connectivity index (χ1v) is 10.2. The third-order valence-corrected chi connectivity index (χ3v) is 4.36. The predicted molar refractivity (Wildman–Crippen MR) is 122 cm³/mol. The van der Waals surface area contributed by atoms with Gasteiger partial charge in [-0.1, -0.05) is 47.1 Å². The van der Waals surface area contributed by atoms with E-state index >= 15 is 0 Å². The van der Waals surface area contributed by atoms with Crippen molar-refractivity contribution in [2.75, 3.05) is 18.5 Å². The Morgan fingerprint density at radius 2 is 1.77 bits per heavy atom. The lowest BCUT2D eigenvalue weighted by atomic mass is 10.2. The first kappa shape index (κ1) is 22.2. The summed E-state index contributed by atoms with van der Waals surface area (Å²) in [5.41, 5.74) is 2.46. The van der Waals surface area contributed by atoms with E-state index in [9.17, 15) is 4.79 Å². The number of benzene rings is 3. The van der Waals surface area contributed by atoms with Crippen molar-refractivity contribution in [2.45, 2.75) is 13.5 Å². The van der Waals surface area contributed by atoms with Crippen molar-refractivity contribution in [1.29, 1.82) is 0 Å². The SMILES string of the molecule is CCOc1cc(C=NOCC(=O)Nc2ccc(Cl)cc2)ccc1OCc1ccccc1. The highest BCUT2D eigenvalue weighted by molar-refractivity contribution is 6.30. The van der Waals surface area contributed by atoms with Gasteiger partial charge < -0.3 is 19.6 Å². The standard InChI is InChI=1S/C24H23ClN2O4/c1-2-29-23-14-19(8-13-22(23)30-16-18-6-4-3-5-7-18)15-26-31-17-24(28)27-21-11-9-20(25)10-12-21/h3-15H,2,16-17H2,1H3,(H,27,28). The fourth-order valence-electron chi connectivity index (χ4n) is 2.65. The van der Waals surface area contributed by atoms with Crippen LogP contribution in [0.15, 0.2) is 78.0 Å². The van der Waals surface area contributed by atoms with E-state index < -0.39 is 0 Å². The van der Waals surface area contributed by atoms with Crippen molar-refractivity contribution in [2.24, 2.45) is 5.16 Å². The summed E-state index contributed by atoms with van der Waals surface area (Å²) in [6.45, 7) is 2.64. The fourth-order valence-corrected chi connectivity index (χ4v) is 2.78. The fraction of sp³-hybridized carbons (Fsp3) is 0.167. The maximum absolute atomic E-state index is 11.9. The number of carbonyl (C=O) groups is 1. The van der Waals surface area contributed by atoms with E-state index in [2.05, 4.69) is 10.5 Å². The van der Waals surface area contributed by atoms with Gasteiger partial charge in [0.25, 0.3) is 5.91 Å². The predicted octanol–water partition coefficient (Wildman–Crippen LogP) is 5.31. The Labute approximate surface area is 186 Å². The molecule has 3 aromatic carbocycles. The highest BCUT2D eigenvalue weighted by atomic mass is 35.5. The van der Waals surface area contributed by atoms with Crippen LogP contribution >= 0.6 is 11.6 Å². The number of hydrogen-bond acceptors (Lipinski definition) is 5. The third kappa shape index (κ3) is 7.35. The van der Waals surface area contributed by atoms with E-state index in [4.69, 9.17) is 25.9 Å². The Kier molecular flexibility index (Phi) is 8.31. The van der Waals surface area contributed by atoms with Gasteiger partial charge in [0.15, 0.2) is 18.1 Å². The molecule has 3 aromatic rings. The average Bonchev–Trinajstić information content (AvgIpc) is 2.79. The smallest absolute Gasteiger partial charge is 0.265 e. The summed E-state index contributed by atoms with van der Waals surface area (Å²) in [7, 11) is 0. The van der Waals surface area contributed by atoms with Crippen molar-refractivity contribution in [3.05, 3.63) is 88.9 Å². The summed E-state index contributed by atoms with van der Waals surface area (Å²) < 4.78 is 11.6. The van der Waals surface area contributed by atoms with Gasteiger partial charge in [0.05, 0.1) is 12.8 Å². The molecular weight excluding hydrogens is 416 g/mol. The van der Waals surface area contributed by atoms with Crippen molar-refractivity contribution in [3.8, 4) is 11.5 Å². The molecule has 3 rings (SSSR count). The van der Waals surface area contributed by atoms with Gasteiger partial charge in [-0.25, -0.2) is 0 Å². The van der Waals surface area contributed by atoms with Crippen LogP contribution in [-0.4, -0.2) is 25.3 Å². The van der Waals surface area contributed by atoms with Crippen LogP contribution in [0.3, 0.4) is 0 Å². The zero-order valence-electron chi connectivity index (χ0n) is 17.1. The molecule has 0 spiro atoms. The lowest BCUT2D eigenvalue weighted by Gasteiger charge is -2.12. The Morgan fingerprint density at radius 1 is 1.00 bits per heavy atom. The quantitative estimate of drug-likeness (QED) is 0.344. The minimum atomic E-state index is -0.320. The zero-order chi connectivity index (χ0) is 21.9. The van der Waals surface area contributed by atoms with Crippen LogP contribution in [0.1, 0.15) is 18.1 Å². The minimum Gasteiger partial charge on any atom is -0.490 e. The maximum atomic E-state index is 11.9. The number of hydrogen-bond donors (Lipinski definition) is 1. The second-order valence-corrected chi connectivity index (χ2v) is 6.91. The molecule has 1 N–H and O–H groups in total. The van der Waals surface area contributed by atoms with Crippen molar-refractivity contribution < 1.29 is 19.1 Å². The van der Waals surface area contributed by atoms with E-state index in [1.54, 1.807) is 24.3 Å². The van der Waals surface area contributed by atoms with Crippen molar-refractivity contribution in [3.63, 3.8) is 0 Å². The molecule has 0 saturated carbocycles. The van der Waals surface area contributed by atoms with Crippen molar-refractivity contribution >= 4 is 29.4 Å². The first-order valence-electron chi connectivity index (χ1n) is 9.78. The van der Waals surface area contributed by atoms with Gasteiger partial charge in [0, 0.05) is 16.3 Å². The largest absolute Gasteiger partial charge is 0.490 e. The Hall–Kier alpha value is -3.51. The number of carbonyl (C=O) groups excluding carboxylic acids is 1. The van der Waals surface area contributed by atoms with Gasteiger partial charge in [-0.3, -0.25) is 4.79 Å². The van der Waals surface area contributed by atoms with Gasteiger partial charge >= 0.3 is 0 Å². The Morgan fingerprint density at radius 3 is 2.52 bits per heavy atom. The molecule has 0 unspecified atom stereocenters. The first-order chi connectivity index (χ1) is 15.1. The molecule has 0 fully saturated rings. The average molecular weight is 439 g/mol. The van der Waals surface area contributed by atoms with Crippen LogP contribution in [0.4, 0.5) is 5.69 Å². The number of ether oxygens (including phenoxy) is 2. The highest BCUT2D eigenvalue weighted by Crippen LogP contribution is 2.29. The summed E-state index contributed by atoms with van der Waals surface area (Å²) in [6, 6.07) is 22.2. The normalized spacial score (nSPS) is 10.6. The molecule has 1 amide bonds. The highest BCUT2D eigenvalue weighted by Gasteiger charge is 2.07. The number of amides is 1. The molecule has 0 saturated heterocycles. The summed E-state index contributed by atoms with van der Waals surface area (Å²) >= 11 is 5.82. The second kappa shape index (κ2) is 11.6. The zero-order valence-corrected chi connectivity index (χ0v) is 17.8. The molecule has 0 bridgehead atoms. The van der Waals surface area contributed by atoms with Gasteiger partial charge in [0.2, 0.25) is 0 Å². The van der Waals surface area contributed by atoms with E-state index in [1.165, 1.54) is 6.21 Å². The molecule has 31 heavy (non-hydrogen) atoms. The lowest BCUT2D eigenvalue weighted by molar-refractivity contribution is -0.120. The van der Waals surface area contributed by atoms with E-state index in [-0.39, 0.29) is 12.5 Å². The number of nitrogens with one attached hydrogen (secondary N) is 1. The number of halogens is 1. The lowest BCUT2D eigenvalue weighted by Crippen LogP contribution is -2.16. The summed E-state index contributed by atoms with van der Waals surface area (Å²) in [5, 5.41) is 7.15. The molecule has 0 aliphatic carbocycles. The van der Waals surface area contributed by atoms with Crippen LogP contribution in [0.2, 0.25) is 5.02 Å². The number of rotatable bonds is 10. The molecule has 0 heterocycles. The summed E-state index contributed by atoms with van der Waals surface area (Å²) in [6.07, 6.45) is 1.51. The molecule has 0 aliphatic heterocycles. The molecule has 160 valence electrons. The van der Waals surface area contributed by atoms with Crippen LogP contribution in [0.25, 0.3) is 0 Å². The maximum Gasteiger partial charge on any atom is 0.265 e. The van der Waals surface area contributed by atoms with Crippen LogP contribution in [-0.2, 0) is 16.2 Å². The summed E-state index contributed by atoms with van der Waals surface area (Å²) in [5.74, 6) is 0.938. The number of nitrogens with zero attached hydrogens (tertiary/aromatic N) is 1. The topological polar surface area (TPSA) is 69.2 Å². The monoisotopic (exact) mass is 438 g/mol. The molecule has 0 aliphatic rings. The molecule has 7 heteroatoms. The second-order valence-electron chi connectivity index (χ2n) is 6.48. The number of oxime groups is 1. The van der Waals surface area contributed by atoms with Gasteiger partial charge in [-0.15, -0.1) is 0 Å². The minimum absolute atomic E-state index is 0.213. The summed E-state index contributed by atoms with van der Waals surface area (Å²) in [4.78, 5) is 17.0. The van der Waals surface area contributed by atoms with Gasteiger partial charge in [-0.2, -0.15) is 0 Å². The van der Waals surface area contributed by atoms with Gasteiger partial charge in [-0.05, 0) is 55.0 Å². The molecule has 0 aromatic heterocycles. The van der Waals surface area contributed by atoms with Crippen LogP contribution < -0.4 is 14.8 Å². The van der Waals surface area contributed by atoms with Crippen molar-refractivity contribution in [1.82, 2.24) is 0 Å². The Bertz CT molecular complexity index is 1010. The Balaban J connectivity index is 1.52.